The van der Waals surface area contributed by atoms with E-state index in [0.717, 1.165) is 5.39 Å². The highest BCUT2D eigenvalue weighted by molar-refractivity contribution is 7.89. The van der Waals surface area contributed by atoms with E-state index in [1.165, 1.54) is 4.31 Å². The SMILES string of the molecule is O=c1[nH]c2cccnc2n1[C@@H]1CCN(S(=O)(=O)c2cccc3cccnc23)C1. The molecule has 0 bridgehead atoms. The molecule has 142 valence electrons. The molecule has 1 N–H and O–H groups in total. The van der Waals surface area contributed by atoms with Gasteiger partial charge in [-0.2, -0.15) is 4.31 Å². The molecule has 1 aromatic carbocycles. The summed E-state index contributed by atoms with van der Waals surface area (Å²) in [6.45, 7) is 0.553. The molecule has 0 saturated carbocycles. The van der Waals surface area contributed by atoms with Gasteiger partial charge < -0.3 is 4.98 Å². The molecule has 3 aromatic heterocycles. The highest BCUT2D eigenvalue weighted by Crippen LogP contribution is 2.30. The number of hydrogen-bond acceptors (Lipinski definition) is 5. The van der Waals surface area contributed by atoms with Crippen molar-refractivity contribution in [2.45, 2.75) is 17.4 Å². The van der Waals surface area contributed by atoms with Gasteiger partial charge >= 0.3 is 5.69 Å². The number of para-hydroxylation sites is 1. The van der Waals surface area contributed by atoms with Gasteiger partial charge in [0.25, 0.3) is 0 Å². The van der Waals surface area contributed by atoms with Gasteiger partial charge in [-0.3, -0.25) is 9.55 Å². The fourth-order valence-corrected chi connectivity index (χ4v) is 5.52. The number of nitrogens with one attached hydrogen (secondary N) is 1. The third-order valence-electron chi connectivity index (χ3n) is 5.18. The molecule has 1 fully saturated rings. The minimum atomic E-state index is -3.73. The summed E-state index contributed by atoms with van der Waals surface area (Å²) in [4.78, 5) is 23.9. The third-order valence-corrected chi connectivity index (χ3v) is 7.08. The molecule has 28 heavy (non-hydrogen) atoms. The second-order valence-corrected chi connectivity index (χ2v) is 8.72. The first-order valence-electron chi connectivity index (χ1n) is 8.95. The molecule has 0 spiro atoms. The topological polar surface area (TPSA) is 101 Å². The van der Waals surface area contributed by atoms with Crippen LogP contribution in [-0.4, -0.2) is 45.3 Å². The molecule has 1 aliphatic heterocycles. The summed E-state index contributed by atoms with van der Waals surface area (Å²) in [5, 5.41) is 0.774. The molecule has 1 atom stereocenters. The molecule has 0 radical (unpaired) electrons. The summed E-state index contributed by atoms with van der Waals surface area (Å²) in [7, 11) is -3.73. The molecule has 5 rings (SSSR count). The highest BCUT2D eigenvalue weighted by Gasteiger charge is 2.35. The van der Waals surface area contributed by atoms with Crippen LogP contribution >= 0.6 is 0 Å². The van der Waals surface area contributed by atoms with Crippen LogP contribution in [-0.2, 0) is 10.0 Å². The van der Waals surface area contributed by atoms with Crippen molar-refractivity contribution < 1.29 is 8.42 Å². The predicted octanol–water partition coefficient (Wildman–Crippen LogP) is 1.91. The van der Waals surface area contributed by atoms with Gasteiger partial charge in [0.15, 0.2) is 5.65 Å². The molecule has 0 aliphatic carbocycles. The molecule has 0 amide bonds. The summed E-state index contributed by atoms with van der Waals surface area (Å²) in [6.07, 6.45) is 3.75. The standard InChI is InChI=1S/C19H17N5O3S/c25-19-22-15-6-3-10-21-18(15)24(19)14-8-11-23(12-14)28(26,27)16-7-1-4-13-5-2-9-20-17(13)16/h1-7,9-10,14H,8,11-12H2,(H,22,25)/t14-/m1/s1. The number of benzene rings is 1. The van der Waals surface area contributed by atoms with Crippen LogP contribution in [0.25, 0.3) is 22.1 Å². The highest BCUT2D eigenvalue weighted by atomic mass is 32.2. The number of nitrogens with zero attached hydrogens (tertiary/aromatic N) is 4. The van der Waals surface area contributed by atoms with E-state index < -0.39 is 10.0 Å². The molecule has 4 heterocycles. The van der Waals surface area contributed by atoms with Crippen LogP contribution in [0.15, 0.2) is 64.5 Å². The molecule has 0 unspecified atom stereocenters. The van der Waals surface area contributed by atoms with Crippen LogP contribution < -0.4 is 5.69 Å². The van der Waals surface area contributed by atoms with Crippen LogP contribution in [0.3, 0.4) is 0 Å². The molecule has 1 aliphatic rings. The van der Waals surface area contributed by atoms with Crippen LogP contribution in [0.2, 0.25) is 0 Å². The summed E-state index contributed by atoms with van der Waals surface area (Å²) >= 11 is 0. The van der Waals surface area contributed by atoms with Crippen molar-refractivity contribution in [3.63, 3.8) is 0 Å². The molecular formula is C19H17N5O3S. The molecule has 8 nitrogen and oxygen atoms in total. The second kappa shape index (κ2) is 6.25. The zero-order valence-corrected chi connectivity index (χ0v) is 15.6. The number of imidazole rings is 1. The minimum absolute atomic E-state index is 0.190. The average Bonchev–Trinajstić information content (AvgIpc) is 3.31. The van der Waals surface area contributed by atoms with Crippen LogP contribution in [0.5, 0.6) is 0 Å². The van der Waals surface area contributed by atoms with E-state index in [-0.39, 0.29) is 23.2 Å². The lowest BCUT2D eigenvalue weighted by Gasteiger charge is -2.18. The smallest absolute Gasteiger partial charge is 0.304 e. The van der Waals surface area contributed by atoms with Gasteiger partial charge in [0.1, 0.15) is 4.90 Å². The van der Waals surface area contributed by atoms with E-state index in [9.17, 15) is 13.2 Å². The number of fused-ring (bicyclic) bond motifs is 2. The van der Waals surface area contributed by atoms with Crippen molar-refractivity contribution in [2.75, 3.05) is 13.1 Å². The first kappa shape index (κ1) is 17.1. The maximum atomic E-state index is 13.3. The van der Waals surface area contributed by atoms with E-state index in [1.807, 2.05) is 12.1 Å². The summed E-state index contributed by atoms with van der Waals surface area (Å²) in [6, 6.07) is 12.0. The Kier molecular flexibility index (Phi) is 3.81. The second-order valence-electron chi connectivity index (χ2n) is 6.81. The Morgan fingerprint density at radius 3 is 2.71 bits per heavy atom. The minimum Gasteiger partial charge on any atom is -0.304 e. The maximum Gasteiger partial charge on any atom is 0.327 e. The Hall–Kier alpha value is -3.04. The van der Waals surface area contributed by atoms with Crippen molar-refractivity contribution in [1.82, 2.24) is 23.8 Å². The van der Waals surface area contributed by atoms with Gasteiger partial charge in [-0.05, 0) is 30.7 Å². The lowest BCUT2D eigenvalue weighted by Crippen LogP contribution is -2.31. The normalized spacial score (nSPS) is 18.2. The van der Waals surface area contributed by atoms with Crippen LogP contribution in [0, 0.1) is 0 Å². The van der Waals surface area contributed by atoms with E-state index in [4.69, 9.17) is 0 Å². The monoisotopic (exact) mass is 395 g/mol. The van der Waals surface area contributed by atoms with E-state index in [0.29, 0.717) is 29.6 Å². The lowest BCUT2D eigenvalue weighted by atomic mass is 10.2. The number of aromatic amines is 1. The number of H-pyrrole nitrogens is 1. The van der Waals surface area contributed by atoms with Crippen LogP contribution in [0.1, 0.15) is 12.5 Å². The molecule has 9 heteroatoms. The Morgan fingerprint density at radius 2 is 1.82 bits per heavy atom. The summed E-state index contributed by atoms with van der Waals surface area (Å²) in [5.41, 5.74) is 1.37. The van der Waals surface area contributed by atoms with Crippen molar-refractivity contribution in [1.29, 1.82) is 0 Å². The fourth-order valence-electron chi connectivity index (χ4n) is 3.86. The van der Waals surface area contributed by atoms with Gasteiger partial charge in [0, 0.05) is 30.9 Å². The quantitative estimate of drug-likeness (QED) is 0.571. The number of hydrogen-bond donors (Lipinski definition) is 1. The molecule has 4 aromatic rings. The third kappa shape index (κ3) is 2.54. The first-order chi connectivity index (χ1) is 13.6. The number of rotatable bonds is 3. The van der Waals surface area contributed by atoms with Crippen LogP contribution in [0.4, 0.5) is 0 Å². The average molecular weight is 395 g/mol. The van der Waals surface area contributed by atoms with Gasteiger partial charge in [-0.1, -0.05) is 18.2 Å². The molecular weight excluding hydrogens is 378 g/mol. The van der Waals surface area contributed by atoms with Crippen molar-refractivity contribution in [3.05, 3.63) is 65.3 Å². The summed E-state index contributed by atoms with van der Waals surface area (Å²) < 4.78 is 29.6. The van der Waals surface area contributed by atoms with E-state index in [2.05, 4.69) is 15.0 Å². The Bertz CT molecular complexity index is 1350. The zero-order chi connectivity index (χ0) is 19.3. The largest absolute Gasteiger partial charge is 0.327 e. The first-order valence-corrected chi connectivity index (χ1v) is 10.4. The Morgan fingerprint density at radius 1 is 1.04 bits per heavy atom. The number of aromatic nitrogens is 4. The van der Waals surface area contributed by atoms with Gasteiger partial charge in [-0.15, -0.1) is 0 Å². The van der Waals surface area contributed by atoms with Gasteiger partial charge in [0.05, 0.1) is 17.1 Å². The fraction of sp³-hybridized carbons (Fsp3) is 0.211. The maximum absolute atomic E-state index is 13.3. The van der Waals surface area contributed by atoms with Gasteiger partial charge in [0.2, 0.25) is 10.0 Å². The summed E-state index contributed by atoms with van der Waals surface area (Å²) in [5.74, 6) is 0. The van der Waals surface area contributed by atoms with Crippen molar-refractivity contribution >= 4 is 32.1 Å². The molecule has 1 saturated heterocycles. The lowest BCUT2D eigenvalue weighted by molar-refractivity contribution is 0.451. The van der Waals surface area contributed by atoms with Gasteiger partial charge in [-0.25, -0.2) is 18.2 Å². The van der Waals surface area contributed by atoms with E-state index in [1.54, 1.807) is 47.3 Å². The Balaban J connectivity index is 1.53. The number of pyridine rings is 2. The zero-order valence-electron chi connectivity index (χ0n) is 14.8. The van der Waals surface area contributed by atoms with Crippen molar-refractivity contribution in [3.8, 4) is 0 Å². The van der Waals surface area contributed by atoms with Crippen molar-refractivity contribution in [2.24, 2.45) is 0 Å². The predicted molar refractivity (Wildman–Crippen MR) is 105 cm³/mol. The number of sulfonamides is 1. The Labute approximate surface area is 160 Å². The van der Waals surface area contributed by atoms with E-state index >= 15 is 0 Å².